The highest BCUT2D eigenvalue weighted by Gasteiger charge is 2.10. The maximum atomic E-state index is 4.63. The summed E-state index contributed by atoms with van der Waals surface area (Å²) in [4.78, 5) is 5.61. The normalized spacial score (nSPS) is 11.5. The lowest BCUT2D eigenvalue weighted by Gasteiger charge is -1.97. The highest BCUT2D eigenvalue weighted by Crippen LogP contribution is 2.23. The average molecular weight is 257 g/mol. The zero-order valence-electron chi connectivity index (χ0n) is 10.5. The van der Waals surface area contributed by atoms with Gasteiger partial charge in [0.1, 0.15) is 5.01 Å². The standard InChI is InChI=1S/C14H15N3S/c1-10(2)8-13-16-17-9-12(15-14(17)18-13)11-6-4-3-5-7-11/h3-7,9-10H,8H2,1-2H3. The second-order valence-corrected chi connectivity index (χ2v) is 5.85. The molecule has 0 spiro atoms. The minimum atomic E-state index is 0.634. The van der Waals surface area contributed by atoms with Gasteiger partial charge in [0.05, 0.1) is 11.9 Å². The molecule has 2 aromatic heterocycles. The van der Waals surface area contributed by atoms with E-state index in [9.17, 15) is 0 Å². The summed E-state index contributed by atoms with van der Waals surface area (Å²) in [6.07, 6.45) is 3.03. The molecular formula is C14H15N3S. The molecule has 3 aromatic rings. The van der Waals surface area contributed by atoms with Crippen molar-refractivity contribution in [3.8, 4) is 11.3 Å². The number of imidazole rings is 1. The Kier molecular flexibility index (Phi) is 2.88. The van der Waals surface area contributed by atoms with Crippen LogP contribution in [0, 0.1) is 5.92 Å². The summed E-state index contributed by atoms with van der Waals surface area (Å²) >= 11 is 1.68. The SMILES string of the molecule is CC(C)Cc1nn2cc(-c3ccccc3)nc2s1. The molecule has 0 amide bonds. The van der Waals surface area contributed by atoms with Crippen LogP contribution in [0.3, 0.4) is 0 Å². The van der Waals surface area contributed by atoms with Crippen molar-refractivity contribution in [1.29, 1.82) is 0 Å². The van der Waals surface area contributed by atoms with Crippen LogP contribution in [0.25, 0.3) is 16.2 Å². The van der Waals surface area contributed by atoms with Gasteiger partial charge in [-0.2, -0.15) is 5.10 Å². The van der Waals surface area contributed by atoms with E-state index in [0.717, 1.165) is 27.6 Å². The molecule has 3 nitrogen and oxygen atoms in total. The van der Waals surface area contributed by atoms with E-state index < -0.39 is 0 Å². The molecule has 0 radical (unpaired) electrons. The molecular weight excluding hydrogens is 242 g/mol. The highest BCUT2D eigenvalue weighted by atomic mass is 32.1. The second-order valence-electron chi connectivity index (χ2n) is 4.81. The molecule has 0 aliphatic heterocycles. The second kappa shape index (κ2) is 4.53. The maximum absolute atomic E-state index is 4.63. The van der Waals surface area contributed by atoms with Gasteiger partial charge in [0.25, 0.3) is 0 Å². The molecule has 1 aromatic carbocycles. The van der Waals surface area contributed by atoms with Crippen LogP contribution in [0.5, 0.6) is 0 Å². The van der Waals surface area contributed by atoms with Crippen molar-refractivity contribution in [2.45, 2.75) is 20.3 Å². The van der Waals surface area contributed by atoms with E-state index in [-0.39, 0.29) is 0 Å². The van der Waals surface area contributed by atoms with Gasteiger partial charge in [0.15, 0.2) is 0 Å². The fourth-order valence-corrected chi connectivity index (χ4v) is 3.01. The Morgan fingerprint density at radius 2 is 2.00 bits per heavy atom. The van der Waals surface area contributed by atoms with Gasteiger partial charge < -0.3 is 0 Å². The summed E-state index contributed by atoms with van der Waals surface area (Å²) in [5.74, 6) is 0.634. The van der Waals surface area contributed by atoms with E-state index >= 15 is 0 Å². The predicted octanol–water partition coefficient (Wildman–Crippen LogP) is 3.66. The molecule has 0 saturated heterocycles. The van der Waals surface area contributed by atoms with Crippen LogP contribution in [0.15, 0.2) is 36.5 Å². The molecule has 4 heteroatoms. The van der Waals surface area contributed by atoms with Crippen molar-refractivity contribution in [2.75, 3.05) is 0 Å². The summed E-state index contributed by atoms with van der Waals surface area (Å²) in [5, 5.41) is 5.73. The molecule has 0 unspecified atom stereocenters. The van der Waals surface area contributed by atoms with Gasteiger partial charge >= 0.3 is 0 Å². The van der Waals surface area contributed by atoms with Gasteiger partial charge in [0.2, 0.25) is 4.96 Å². The van der Waals surface area contributed by atoms with E-state index in [2.05, 4.69) is 36.1 Å². The van der Waals surface area contributed by atoms with E-state index in [1.54, 1.807) is 11.3 Å². The van der Waals surface area contributed by atoms with Gasteiger partial charge in [-0.15, -0.1) is 0 Å². The number of aromatic nitrogens is 3. The van der Waals surface area contributed by atoms with E-state index in [4.69, 9.17) is 0 Å². The third kappa shape index (κ3) is 2.16. The van der Waals surface area contributed by atoms with Gasteiger partial charge in [-0.05, 0) is 5.92 Å². The smallest absolute Gasteiger partial charge is 0.212 e. The molecule has 0 bridgehead atoms. The Morgan fingerprint density at radius 3 is 2.67 bits per heavy atom. The van der Waals surface area contributed by atoms with Crippen molar-refractivity contribution in [3.05, 3.63) is 41.5 Å². The highest BCUT2D eigenvalue weighted by molar-refractivity contribution is 7.16. The molecule has 0 saturated carbocycles. The Bertz CT molecular complexity index is 621. The van der Waals surface area contributed by atoms with Crippen LogP contribution in [0.4, 0.5) is 0 Å². The maximum Gasteiger partial charge on any atom is 0.212 e. The van der Waals surface area contributed by atoms with Crippen molar-refractivity contribution < 1.29 is 0 Å². The van der Waals surface area contributed by atoms with Crippen LogP contribution in [-0.2, 0) is 6.42 Å². The molecule has 0 atom stereocenters. The molecule has 0 N–H and O–H groups in total. The molecule has 0 aliphatic carbocycles. The molecule has 0 aliphatic rings. The summed E-state index contributed by atoms with van der Waals surface area (Å²) in [6.45, 7) is 4.42. The summed E-state index contributed by atoms with van der Waals surface area (Å²) in [7, 11) is 0. The third-order valence-electron chi connectivity index (χ3n) is 2.74. The van der Waals surface area contributed by atoms with Crippen LogP contribution >= 0.6 is 11.3 Å². The van der Waals surface area contributed by atoms with Crippen molar-refractivity contribution in [1.82, 2.24) is 14.6 Å². The first-order chi connectivity index (χ1) is 8.72. The largest absolute Gasteiger partial charge is 0.217 e. The van der Waals surface area contributed by atoms with Crippen molar-refractivity contribution >= 4 is 16.3 Å². The number of hydrogen-bond acceptors (Lipinski definition) is 3. The molecule has 0 fully saturated rings. The zero-order chi connectivity index (χ0) is 12.5. The first kappa shape index (κ1) is 11.4. The summed E-state index contributed by atoms with van der Waals surface area (Å²) in [6, 6.07) is 10.2. The fourth-order valence-electron chi connectivity index (χ4n) is 1.92. The monoisotopic (exact) mass is 257 g/mol. The summed E-state index contributed by atoms with van der Waals surface area (Å²) < 4.78 is 1.89. The lowest BCUT2D eigenvalue weighted by molar-refractivity contribution is 0.637. The Balaban J connectivity index is 1.96. The number of nitrogens with zero attached hydrogens (tertiary/aromatic N) is 3. The van der Waals surface area contributed by atoms with Crippen LogP contribution in [-0.4, -0.2) is 14.6 Å². The van der Waals surface area contributed by atoms with Gasteiger partial charge in [-0.3, -0.25) is 0 Å². The van der Waals surface area contributed by atoms with E-state index in [0.29, 0.717) is 5.92 Å². The van der Waals surface area contributed by atoms with Gasteiger partial charge in [-0.1, -0.05) is 55.5 Å². The minimum Gasteiger partial charge on any atom is -0.217 e. The van der Waals surface area contributed by atoms with Crippen LogP contribution < -0.4 is 0 Å². The molecule has 2 heterocycles. The van der Waals surface area contributed by atoms with Crippen LogP contribution in [0.1, 0.15) is 18.9 Å². The summed E-state index contributed by atoms with van der Waals surface area (Å²) in [5.41, 5.74) is 2.13. The van der Waals surface area contributed by atoms with Crippen molar-refractivity contribution in [2.24, 2.45) is 5.92 Å². The topological polar surface area (TPSA) is 30.2 Å². The fraction of sp³-hybridized carbons (Fsp3) is 0.286. The van der Waals surface area contributed by atoms with Gasteiger partial charge in [0, 0.05) is 12.0 Å². The Morgan fingerprint density at radius 1 is 1.22 bits per heavy atom. The van der Waals surface area contributed by atoms with E-state index in [1.807, 2.05) is 28.9 Å². The quantitative estimate of drug-likeness (QED) is 0.717. The van der Waals surface area contributed by atoms with E-state index in [1.165, 1.54) is 0 Å². The van der Waals surface area contributed by atoms with Crippen LogP contribution in [0.2, 0.25) is 0 Å². The zero-order valence-corrected chi connectivity index (χ0v) is 11.3. The Hall–Kier alpha value is -1.68. The average Bonchev–Trinajstić information content (AvgIpc) is 2.87. The minimum absolute atomic E-state index is 0.634. The van der Waals surface area contributed by atoms with Crippen molar-refractivity contribution in [3.63, 3.8) is 0 Å². The predicted molar refractivity (Wildman–Crippen MR) is 74.8 cm³/mol. The molecule has 3 rings (SSSR count). The number of rotatable bonds is 3. The third-order valence-corrected chi connectivity index (χ3v) is 3.68. The molecule has 92 valence electrons. The molecule has 18 heavy (non-hydrogen) atoms. The number of benzene rings is 1. The first-order valence-corrected chi connectivity index (χ1v) is 6.94. The van der Waals surface area contributed by atoms with Gasteiger partial charge in [-0.25, -0.2) is 9.50 Å². The lowest BCUT2D eigenvalue weighted by Crippen LogP contribution is -1.94. The first-order valence-electron chi connectivity index (χ1n) is 6.13. The lowest BCUT2D eigenvalue weighted by atomic mass is 10.1. The number of hydrogen-bond donors (Lipinski definition) is 0. The Labute approximate surface area is 110 Å². The number of fused-ring (bicyclic) bond motifs is 1.